The zero-order valence-electron chi connectivity index (χ0n) is 11.1. The number of hydrogen-bond acceptors (Lipinski definition) is 4. The van der Waals surface area contributed by atoms with E-state index in [0.29, 0.717) is 4.99 Å². The van der Waals surface area contributed by atoms with Crippen LogP contribution in [0.1, 0.15) is 21.8 Å². The van der Waals surface area contributed by atoms with Crippen molar-refractivity contribution >= 4 is 34.2 Å². The summed E-state index contributed by atoms with van der Waals surface area (Å²) in [6.07, 6.45) is 0.906. The third kappa shape index (κ3) is 3.75. The Morgan fingerprint density at radius 2 is 2.21 bits per heavy atom. The van der Waals surface area contributed by atoms with Crippen molar-refractivity contribution in [1.29, 1.82) is 0 Å². The van der Waals surface area contributed by atoms with Gasteiger partial charge in [0, 0.05) is 35.3 Å². The van der Waals surface area contributed by atoms with Crippen molar-refractivity contribution in [3.63, 3.8) is 0 Å². The third-order valence-corrected chi connectivity index (χ3v) is 4.01. The minimum Gasteiger partial charge on any atom is -0.389 e. The minimum absolute atomic E-state index is 0.427. The Morgan fingerprint density at radius 1 is 1.42 bits per heavy atom. The van der Waals surface area contributed by atoms with Gasteiger partial charge in [0.15, 0.2) is 0 Å². The molecule has 0 radical (unpaired) electrons. The van der Waals surface area contributed by atoms with Gasteiger partial charge in [0.1, 0.15) is 4.99 Å². The van der Waals surface area contributed by atoms with Crippen LogP contribution in [0.2, 0.25) is 0 Å². The lowest BCUT2D eigenvalue weighted by atomic mass is 10.1. The van der Waals surface area contributed by atoms with Gasteiger partial charge in [-0.3, -0.25) is 0 Å². The van der Waals surface area contributed by atoms with Gasteiger partial charge in [-0.25, -0.2) is 4.98 Å². The highest BCUT2D eigenvalue weighted by atomic mass is 32.1. The smallest absolute Gasteiger partial charge is 0.106 e. The van der Waals surface area contributed by atoms with E-state index < -0.39 is 0 Å². The van der Waals surface area contributed by atoms with Crippen LogP contribution < -0.4 is 11.1 Å². The Morgan fingerprint density at radius 3 is 2.84 bits per heavy atom. The van der Waals surface area contributed by atoms with Gasteiger partial charge in [-0.2, -0.15) is 0 Å². The quantitative estimate of drug-likeness (QED) is 0.831. The number of benzene rings is 1. The number of nitrogens with one attached hydrogen (secondary N) is 1. The van der Waals surface area contributed by atoms with Crippen LogP contribution in [-0.4, -0.2) is 16.5 Å². The number of aromatic nitrogens is 1. The van der Waals surface area contributed by atoms with Crippen LogP contribution in [0.5, 0.6) is 0 Å². The monoisotopic (exact) mass is 291 g/mol. The van der Waals surface area contributed by atoms with E-state index in [4.69, 9.17) is 18.0 Å². The van der Waals surface area contributed by atoms with Crippen molar-refractivity contribution in [2.45, 2.75) is 20.3 Å². The van der Waals surface area contributed by atoms with Crippen molar-refractivity contribution in [3.8, 4) is 0 Å². The number of thiocarbonyl (C=S) groups is 1. The van der Waals surface area contributed by atoms with Gasteiger partial charge in [-0.1, -0.05) is 23.8 Å². The standard InChI is InChI=1S/C14H17N3S2/c1-9-3-4-12(11(7-9)14(15)18)16-6-5-13-17-10(2)8-19-13/h3-4,7-8,16H,5-6H2,1-2H3,(H2,15,18). The van der Waals surface area contributed by atoms with E-state index in [9.17, 15) is 0 Å². The Kier molecular flexibility index (Phi) is 4.50. The lowest BCUT2D eigenvalue weighted by Crippen LogP contribution is -2.14. The van der Waals surface area contributed by atoms with Crippen molar-refractivity contribution in [1.82, 2.24) is 4.98 Å². The molecule has 3 N–H and O–H groups in total. The number of hydrogen-bond donors (Lipinski definition) is 2. The zero-order chi connectivity index (χ0) is 13.8. The van der Waals surface area contributed by atoms with E-state index in [0.717, 1.165) is 40.5 Å². The van der Waals surface area contributed by atoms with Crippen LogP contribution in [0.3, 0.4) is 0 Å². The fraction of sp³-hybridized carbons (Fsp3) is 0.286. The van der Waals surface area contributed by atoms with E-state index >= 15 is 0 Å². The normalized spacial score (nSPS) is 10.4. The van der Waals surface area contributed by atoms with Gasteiger partial charge in [0.2, 0.25) is 0 Å². The molecule has 0 aliphatic heterocycles. The van der Waals surface area contributed by atoms with Crippen molar-refractivity contribution in [3.05, 3.63) is 45.4 Å². The molecule has 1 aromatic heterocycles. The van der Waals surface area contributed by atoms with Gasteiger partial charge in [-0.15, -0.1) is 11.3 Å². The Bertz CT molecular complexity index is 590. The van der Waals surface area contributed by atoms with Gasteiger partial charge >= 0.3 is 0 Å². The predicted molar refractivity (Wildman–Crippen MR) is 86.1 cm³/mol. The van der Waals surface area contributed by atoms with Crippen LogP contribution in [-0.2, 0) is 6.42 Å². The molecule has 0 atom stereocenters. The van der Waals surface area contributed by atoms with Crippen LogP contribution >= 0.6 is 23.6 Å². The lowest BCUT2D eigenvalue weighted by Gasteiger charge is -2.11. The van der Waals surface area contributed by atoms with E-state index in [1.807, 2.05) is 26.0 Å². The second kappa shape index (κ2) is 6.12. The van der Waals surface area contributed by atoms with E-state index in [1.54, 1.807) is 11.3 Å². The number of nitrogens with two attached hydrogens (primary N) is 1. The molecule has 100 valence electrons. The second-order valence-corrected chi connectivity index (χ2v) is 5.86. The largest absolute Gasteiger partial charge is 0.389 e. The predicted octanol–water partition coefficient (Wildman–Crippen LogP) is 3.05. The minimum atomic E-state index is 0.427. The SMILES string of the molecule is Cc1ccc(NCCc2nc(C)cs2)c(C(N)=S)c1. The molecular formula is C14H17N3S2. The summed E-state index contributed by atoms with van der Waals surface area (Å²) in [5, 5.41) is 6.60. The fourth-order valence-electron chi connectivity index (χ4n) is 1.84. The molecule has 2 aromatic rings. The maximum Gasteiger partial charge on any atom is 0.106 e. The molecule has 1 heterocycles. The van der Waals surface area contributed by atoms with Gasteiger partial charge in [0.25, 0.3) is 0 Å². The molecule has 0 unspecified atom stereocenters. The molecule has 0 fully saturated rings. The summed E-state index contributed by atoms with van der Waals surface area (Å²) in [6.45, 7) is 4.87. The molecule has 1 aromatic carbocycles. The molecule has 0 saturated carbocycles. The summed E-state index contributed by atoms with van der Waals surface area (Å²) in [4.78, 5) is 4.87. The molecule has 0 aliphatic carbocycles. The lowest BCUT2D eigenvalue weighted by molar-refractivity contribution is 0.986. The van der Waals surface area contributed by atoms with E-state index in [-0.39, 0.29) is 0 Å². The molecule has 0 bridgehead atoms. The van der Waals surface area contributed by atoms with Crippen LogP contribution in [0.4, 0.5) is 5.69 Å². The highest BCUT2D eigenvalue weighted by molar-refractivity contribution is 7.80. The highest BCUT2D eigenvalue weighted by Gasteiger charge is 2.05. The molecule has 5 heteroatoms. The number of anilines is 1. The maximum atomic E-state index is 5.75. The first-order valence-electron chi connectivity index (χ1n) is 6.11. The van der Waals surface area contributed by atoms with E-state index in [2.05, 4.69) is 21.7 Å². The molecular weight excluding hydrogens is 274 g/mol. The highest BCUT2D eigenvalue weighted by Crippen LogP contribution is 2.18. The Labute approximate surface area is 122 Å². The molecule has 0 amide bonds. The number of nitrogens with zero attached hydrogens (tertiary/aromatic N) is 1. The zero-order valence-corrected chi connectivity index (χ0v) is 12.7. The molecule has 2 rings (SSSR count). The van der Waals surface area contributed by atoms with E-state index in [1.165, 1.54) is 0 Å². The number of thiazole rings is 1. The van der Waals surface area contributed by atoms with Crippen molar-refractivity contribution in [2.24, 2.45) is 5.73 Å². The molecule has 0 spiro atoms. The average Bonchev–Trinajstić information content (AvgIpc) is 2.77. The summed E-state index contributed by atoms with van der Waals surface area (Å²) in [5.74, 6) is 0. The maximum absolute atomic E-state index is 5.75. The molecule has 0 saturated heterocycles. The van der Waals surface area contributed by atoms with Gasteiger partial charge in [-0.05, 0) is 26.0 Å². The van der Waals surface area contributed by atoms with Crippen LogP contribution in [0.25, 0.3) is 0 Å². The fourth-order valence-corrected chi connectivity index (χ4v) is 2.78. The van der Waals surface area contributed by atoms with Crippen LogP contribution in [0.15, 0.2) is 23.6 Å². The summed E-state index contributed by atoms with van der Waals surface area (Å²) < 4.78 is 0. The first-order chi connectivity index (χ1) is 9.06. The van der Waals surface area contributed by atoms with Gasteiger partial charge < -0.3 is 11.1 Å². The topological polar surface area (TPSA) is 50.9 Å². The third-order valence-electron chi connectivity index (χ3n) is 2.76. The number of aryl methyl sites for hydroxylation is 2. The molecule has 3 nitrogen and oxygen atoms in total. The molecule has 0 aliphatic rings. The van der Waals surface area contributed by atoms with Crippen LogP contribution in [0, 0.1) is 13.8 Å². The number of rotatable bonds is 5. The summed E-state index contributed by atoms with van der Waals surface area (Å²) >= 11 is 6.78. The summed E-state index contributed by atoms with van der Waals surface area (Å²) in [7, 11) is 0. The summed E-state index contributed by atoms with van der Waals surface area (Å²) in [6, 6.07) is 6.09. The van der Waals surface area contributed by atoms with Crippen molar-refractivity contribution in [2.75, 3.05) is 11.9 Å². The second-order valence-electron chi connectivity index (χ2n) is 4.47. The Balaban J connectivity index is 2.01. The van der Waals surface area contributed by atoms with Crippen molar-refractivity contribution < 1.29 is 0 Å². The average molecular weight is 291 g/mol. The first-order valence-corrected chi connectivity index (χ1v) is 7.40. The molecule has 19 heavy (non-hydrogen) atoms. The first kappa shape index (κ1) is 14.0. The summed E-state index contributed by atoms with van der Waals surface area (Å²) in [5.41, 5.74) is 9.89. The van der Waals surface area contributed by atoms with Gasteiger partial charge in [0.05, 0.1) is 5.01 Å². The Hall–Kier alpha value is -1.46.